The molecule has 462 valence electrons. The number of imidazole rings is 1. The Labute approximate surface area is 488 Å². The highest BCUT2D eigenvalue weighted by Gasteiger charge is 2.59. The summed E-state index contributed by atoms with van der Waals surface area (Å²) in [6.07, 6.45) is -18.0. The summed E-state index contributed by atoms with van der Waals surface area (Å²) in [5, 5.41) is 1.81. The van der Waals surface area contributed by atoms with Crippen LogP contribution < -0.4 is 43.0 Å². The number of nitrogens with two attached hydrogens (primary N) is 1. The predicted molar refractivity (Wildman–Crippen MR) is 291 cm³/mol. The number of anilines is 1. The molecule has 0 saturated carbocycles. The fraction of sp³-hybridized carbons (Fsp3) is 0.407. The van der Waals surface area contributed by atoms with Crippen molar-refractivity contribution in [2.75, 3.05) is 60.8 Å². The van der Waals surface area contributed by atoms with Gasteiger partial charge in [-0.2, -0.15) is 13.2 Å². The van der Waals surface area contributed by atoms with Gasteiger partial charge >= 0.3 is 31.3 Å². The number of carbonyl (C=O) groups excluding carboxylic acids is 1. The highest BCUT2D eigenvalue weighted by atomic mass is 31.2. The molecular formula is C54H56F3N10O19P. The van der Waals surface area contributed by atoms with Crippen molar-refractivity contribution in [1.29, 1.82) is 0 Å². The van der Waals surface area contributed by atoms with E-state index in [4.69, 9.17) is 66.7 Å². The van der Waals surface area contributed by atoms with Gasteiger partial charge in [0, 0.05) is 38.7 Å². The number of halogens is 3. The number of nitrogens with zero attached hydrogens (tertiary/aromatic N) is 6. The molecule has 11 rings (SSSR count). The number of fused-ring (bicyclic) bond motifs is 2. The van der Waals surface area contributed by atoms with E-state index in [2.05, 4.69) is 19.9 Å². The molecule has 4 aliphatic heterocycles. The van der Waals surface area contributed by atoms with Gasteiger partial charge in [0.25, 0.3) is 11.1 Å². The molecule has 1 amide bonds. The van der Waals surface area contributed by atoms with Crippen LogP contribution in [-0.4, -0.2) is 161 Å². The van der Waals surface area contributed by atoms with Gasteiger partial charge in [-0.25, -0.2) is 29.1 Å². The minimum Gasteiger partial charge on any atom is -0.497 e. The molecule has 4 fully saturated rings. The third kappa shape index (κ3) is 12.0. The first-order valence-electron chi connectivity index (χ1n) is 26.6. The number of nitrogen functional groups attached to an aromatic ring is 1. The number of H-pyrrole nitrogens is 2. The fourth-order valence-electron chi connectivity index (χ4n) is 11.0. The zero-order valence-electron chi connectivity index (χ0n) is 46.3. The van der Waals surface area contributed by atoms with Gasteiger partial charge in [0.15, 0.2) is 30.1 Å². The Bertz CT molecular complexity index is 3830. The number of benzene rings is 3. The largest absolute Gasteiger partial charge is 0.497 e. The van der Waals surface area contributed by atoms with Crippen LogP contribution in [0.3, 0.4) is 0 Å². The number of phosphoric ester groups is 1. The number of phosphoric acid groups is 1. The second kappa shape index (κ2) is 25.0. The number of hydrogen-bond donors (Lipinski definition) is 4. The number of ether oxygens (including phenoxy) is 10. The summed E-state index contributed by atoms with van der Waals surface area (Å²) in [6, 6.07) is 22.2. The zero-order valence-corrected chi connectivity index (χ0v) is 47.2. The first kappa shape index (κ1) is 60.7. The van der Waals surface area contributed by atoms with Gasteiger partial charge in [-0.05, 0) is 41.0 Å². The minimum atomic E-state index is -5.79. The van der Waals surface area contributed by atoms with Crippen LogP contribution in [0.4, 0.5) is 19.0 Å². The van der Waals surface area contributed by atoms with Crippen LogP contribution in [-0.2, 0) is 66.4 Å². The third-order valence-electron chi connectivity index (χ3n) is 14.9. The molecule has 3 aromatic carbocycles. The van der Waals surface area contributed by atoms with Crippen LogP contribution in [0.2, 0.25) is 0 Å². The van der Waals surface area contributed by atoms with Crippen LogP contribution in [0.5, 0.6) is 11.5 Å². The standard InChI is InChI=1S/C54H56F3N10O19P/c1-74-22-33-40(38(64-50(70)54(55,56)57)47(81-33)65-20-18-36(68)62-51(65)71)85-87(73,80-24-35-41-43(79-27-78-41)48(83-35)67-26-61-39-45(58)59-25-60-46(39)67)86-44-42(34(23-75-2)82-49(44)66-21-19-37(69)63-52(66)72)84-53(28-8-6-5-7-9-28,29-10-14-31(76-3)15-11-29)30-12-16-32(77-4)17-13-30/h5-21,25-26,33-35,38,40-44,47-49H,22-24,27H2,1-4H3,(H,64,70)(H2,58,59,60)(H,62,68,71)(H,63,69,72)/t33-,34-,35-,38-,40-,41-,42-,43-,44-,47-,48-,49-,87?/m1/s1. The highest BCUT2D eigenvalue weighted by molar-refractivity contribution is 7.48. The molecule has 13 atom stereocenters. The van der Waals surface area contributed by atoms with Crippen molar-refractivity contribution in [2.24, 2.45) is 0 Å². The lowest BCUT2D eigenvalue weighted by Crippen LogP contribution is -2.53. The second-order valence-electron chi connectivity index (χ2n) is 20.1. The van der Waals surface area contributed by atoms with Crippen molar-refractivity contribution >= 4 is 30.7 Å². The van der Waals surface area contributed by atoms with Crippen molar-refractivity contribution in [3.8, 4) is 11.5 Å². The lowest BCUT2D eigenvalue weighted by atomic mass is 9.79. The molecule has 5 N–H and O–H groups in total. The van der Waals surface area contributed by atoms with Gasteiger partial charge in [0.1, 0.15) is 90.6 Å². The number of aromatic nitrogens is 8. The Morgan fingerprint density at radius 2 is 1.22 bits per heavy atom. The summed E-state index contributed by atoms with van der Waals surface area (Å²) in [4.78, 5) is 82.6. The smallest absolute Gasteiger partial charge is 0.475 e. The van der Waals surface area contributed by atoms with Crippen molar-refractivity contribution in [3.05, 3.63) is 174 Å². The average molecular weight is 1240 g/mol. The minimum absolute atomic E-state index is 0.0504. The first-order valence-corrected chi connectivity index (χ1v) is 28.1. The molecule has 33 heteroatoms. The number of methoxy groups -OCH3 is 4. The normalized spacial score (nSPS) is 26.2. The number of nitrogens with one attached hydrogen (secondary N) is 3. The zero-order chi connectivity index (χ0) is 61.4. The molecule has 0 aliphatic carbocycles. The summed E-state index contributed by atoms with van der Waals surface area (Å²) < 4.78 is 144. The lowest BCUT2D eigenvalue weighted by Gasteiger charge is -2.41. The Kier molecular flexibility index (Phi) is 17.5. The average Bonchev–Trinajstić information content (AvgIpc) is 1.84. The van der Waals surface area contributed by atoms with E-state index in [1.807, 2.05) is 10.3 Å². The van der Waals surface area contributed by atoms with Crippen molar-refractivity contribution < 1.29 is 83.5 Å². The number of alkyl halides is 3. The predicted octanol–water partition coefficient (Wildman–Crippen LogP) is 2.57. The van der Waals surface area contributed by atoms with Crippen molar-refractivity contribution in [1.82, 2.24) is 43.9 Å². The first-order chi connectivity index (χ1) is 41.9. The van der Waals surface area contributed by atoms with Crippen LogP contribution in [0.25, 0.3) is 11.2 Å². The van der Waals surface area contributed by atoms with Gasteiger partial charge in [-0.15, -0.1) is 0 Å². The number of carbonyl (C=O) groups is 1. The molecule has 8 heterocycles. The molecule has 4 aromatic heterocycles. The van der Waals surface area contributed by atoms with Crippen LogP contribution >= 0.6 is 7.82 Å². The van der Waals surface area contributed by atoms with E-state index in [1.165, 1.54) is 45.7 Å². The molecule has 4 aliphatic rings. The highest BCUT2D eigenvalue weighted by Crippen LogP contribution is 2.58. The Morgan fingerprint density at radius 3 is 1.80 bits per heavy atom. The summed E-state index contributed by atoms with van der Waals surface area (Å²) >= 11 is 0. The number of hydrogen-bond acceptors (Lipinski definition) is 23. The summed E-state index contributed by atoms with van der Waals surface area (Å²) in [5.41, 5.74) is 2.16. The molecule has 0 spiro atoms. The third-order valence-corrected chi connectivity index (χ3v) is 16.4. The molecule has 0 bridgehead atoms. The summed E-state index contributed by atoms with van der Waals surface area (Å²) in [6.45, 7) is -2.06. The maximum absolute atomic E-state index is 16.8. The number of rotatable bonds is 22. The number of amides is 1. The van der Waals surface area contributed by atoms with Gasteiger partial charge in [0.2, 0.25) is 0 Å². The fourth-order valence-corrected chi connectivity index (χ4v) is 12.6. The Balaban J connectivity index is 1.08. The summed E-state index contributed by atoms with van der Waals surface area (Å²) in [5.74, 6) is -1.60. The van der Waals surface area contributed by atoms with E-state index in [9.17, 15) is 37.1 Å². The second-order valence-corrected chi connectivity index (χ2v) is 21.6. The molecular weight excluding hydrogens is 1180 g/mol. The van der Waals surface area contributed by atoms with E-state index in [-0.39, 0.29) is 30.4 Å². The maximum atomic E-state index is 16.8. The van der Waals surface area contributed by atoms with Crippen LogP contribution in [0, 0.1) is 0 Å². The van der Waals surface area contributed by atoms with E-state index in [1.54, 1.807) is 78.9 Å². The SMILES string of the molecule is COC[C@H]1O[C@@H](n2ccc(=O)[nH]c2=O)[C@H](NC(=O)C(F)(F)F)[C@@H]1OP(=O)(OC[C@H]1O[C@@H](n2cnc3c(N)ncnc32)[C@@H]2OCO[C@@H]21)O[C@@H]1[C@H](OC(c2ccccc2)(c2ccc(OC)cc2)c2ccc(OC)cc2)[C@@H](COC)O[C@H]1n1ccc(=O)[nH]c1=O. The van der Waals surface area contributed by atoms with Crippen molar-refractivity contribution in [3.63, 3.8) is 0 Å². The quantitative estimate of drug-likeness (QED) is 0.0559. The van der Waals surface area contributed by atoms with Gasteiger partial charge in [-0.1, -0.05) is 54.6 Å². The van der Waals surface area contributed by atoms with E-state index < -0.39 is 135 Å². The summed E-state index contributed by atoms with van der Waals surface area (Å²) in [7, 11) is -0.304. The van der Waals surface area contributed by atoms with Gasteiger partial charge in [0.05, 0.1) is 40.4 Å². The van der Waals surface area contributed by atoms with Crippen molar-refractivity contribution in [2.45, 2.75) is 85.3 Å². The Hall–Kier alpha value is -7.98. The van der Waals surface area contributed by atoms with E-state index >= 15 is 4.57 Å². The van der Waals surface area contributed by atoms with Crippen LogP contribution in [0.1, 0.15) is 35.4 Å². The Morgan fingerprint density at radius 1 is 0.667 bits per heavy atom. The van der Waals surface area contributed by atoms with Gasteiger partial charge < -0.3 is 58.4 Å². The molecule has 0 radical (unpaired) electrons. The molecule has 29 nitrogen and oxygen atoms in total. The number of aromatic amines is 2. The lowest BCUT2D eigenvalue weighted by molar-refractivity contribution is -0.175. The maximum Gasteiger partial charge on any atom is 0.475 e. The van der Waals surface area contributed by atoms with Crippen LogP contribution in [0.15, 0.2) is 135 Å². The van der Waals surface area contributed by atoms with E-state index in [0.29, 0.717) is 32.8 Å². The topological polar surface area (TPSA) is 346 Å². The molecule has 7 aromatic rings. The molecule has 1 unspecified atom stereocenters. The molecule has 87 heavy (non-hydrogen) atoms. The molecule has 4 saturated heterocycles. The van der Waals surface area contributed by atoms with E-state index in [0.717, 1.165) is 29.1 Å². The van der Waals surface area contributed by atoms with Gasteiger partial charge in [-0.3, -0.25) is 51.6 Å². The monoisotopic (exact) mass is 1240 g/mol.